The molecule has 0 aliphatic carbocycles. The maximum absolute atomic E-state index is 12.9. The number of amides is 1. The summed E-state index contributed by atoms with van der Waals surface area (Å²) in [4.78, 5) is 12.9. The van der Waals surface area contributed by atoms with E-state index < -0.39 is 0 Å². The van der Waals surface area contributed by atoms with Gasteiger partial charge in [0.15, 0.2) is 0 Å². The third kappa shape index (κ3) is 4.47. The normalized spacial score (nSPS) is 11.7. The summed E-state index contributed by atoms with van der Waals surface area (Å²) in [5.74, 6) is 0.988. The van der Waals surface area contributed by atoms with E-state index in [1.165, 1.54) is 5.56 Å². The molecule has 0 bridgehead atoms. The molecule has 2 aromatic carbocycles. The van der Waals surface area contributed by atoms with Gasteiger partial charge in [0.25, 0.3) is 5.91 Å². The van der Waals surface area contributed by atoms with Gasteiger partial charge in [-0.1, -0.05) is 43.7 Å². The van der Waals surface area contributed by atoms with Crippen molar-refractivity contribution < 1.29 is 4.79 Å². The van der Waals surface area contributed by atoms with Crippen LogP contribution in [0.2, 0.25) is 0 Å². The summed E-state index contributed by atoms with van der Waals surface area (Å²) in [6.45, 7) is 12.2. The Morgan fingerprint density at radius 2 is 1.71 bits per heavy atom. The Hall–Kier alpha value is -2.95. The molecule has 1 aromatic heterocycles. The molecule has 3 rings (SSSR count). The molecular formula is C23H28N4O. The Morgan fingerprint density at radius 3 is 2.32 bits per heavy atom. The van der Waals surface area contributed by atoms with E-state index in [-0.39, 0.29) is 17.4 Å². The Balaban J connectivity index is 2.15. The van der Waals surface area contributed by atoms with Crippen LogP contribution in [0.25, 0.3) is 16.8 Å². The van der Waals surface area contributed by atoms with Crippen molar-refractivity contribution in [2.75, 3.05) is 0 Å². The second-order valence-electron chi connectivity index (χ2n) is 8.55. The zero-order chi connectivity index (χ0) is 20.5. The lowest BCUT2D eigenvalue weighted by Gasteiger charge is -2.21. The fourth-order valence-electron chi connectivity index (χ4n) is 3.04. The van der Waals surface area contributed by atoms with Crippen molar-refractivity contribution in [2.24, 2.45) is 0 Å². The molecule has 5 nitrogen and oxygen atoms in total. The van der Waals surface area contributed by atoms with E-state index in [1.807, 2.05) is 37.5 Å². The van der Waals surface area contributed by atoms with Crippen molar-refractivity contribution in [1.29, 1.82) is 0 Å². The van der Waals surface area contributed by atoms with E-state index in [0.717, 1.165) is 22.6 Å². The number of nitrogens with zero attached hydrogens (tertiary/aromatic N) is 3. The summed E-state index contributed by atoms with van der Waals surface area (Å²) in [5, 5.41) is 11.4. The molecular weight excluding hydrogens is 348 g/mol. The lowest BCUT2D eigenvalue weighted by molar-refractivity contribution is 0.0919. The van der Waals surface area contributed by atoms with Gasteiger partial charge in [-0.2, -0.15) is 0 Å². The third-order valence-corrected chi connectivity index (χ3v) is 4.42. The largest absolute Gasteiger partial charge is 0.347 e. The van der Waals surface area contributed by atoms with Crippen LogP contribution in [-0.4, -0.2) is 26.2 Å². The predicted octanol–water partition coefficient (Wildman–Crippen LogP) is 4.89. The van der Waals surface area contributed by atoms with Gasteiger partial charge < -0.3 is 5.32 Å². The zero-order valence-corrected chi connectivity index (χ0v) is 17.4. The van der Waals surface area contributed by atoms with E-state index in [2.05, 4.69) is 66.6 Å². The van der Waals surface area contributed by atoms with Gasteiger partial charge in [0, 0.05) is 22.7 Å². The molecule has 0 saturated heterocycles. The van der Waals surface area contributed by atoms with Gasteiger partial charge in [-0.15, -0.1) is 10.2 Å². The molecule has 3 aromatic rings. The monoisotopic (exact) mass is 376 g/mol. The smallest absolute Gasteiger partial charge is 0.251 e. The molecule has 1 N–H and O–H groups in total. The lowest BCUT2D eigenvalue weighted by Crippen LogP contribution is -2.40. The molecule has 5 heteroatoms. The number of rotatable bonds is 4. The van der Waals surface area contributed by atoms with Crippen LogP contribution in [0.4, 0.5) is 0 Å². The fraction of sp³-hybridized carbons (Fsp3) is 0.348. The Bertz CT molecular complexity index is 979. The molecule has 0 aliphatic heterocycles. The highest BCUT2D eigenvalue weighted by molar-refractivity contribution is 5.96. The van der Waals surface area contributed by atoms with Crippen LogP contribution in [0, 0.1) is 6.92 Å². The van der Waals surface area contributed by atoms with Crippen molar-refractivity contribution in [1.82, 2.24) is 20.1 Å². The first-order valence-electron chi connectivity index (χ1n) is 9.59. The molecule has 0 radical (unpaired) electrons. The number of hydrogen-bond acceptors (Lipinski definition) is 3. The average molecular weight is 377 g/mol. The summed E-state index contributed by atoms with van der Waals surface area (Å²) in [6, 6.07) is 14.2. The highest BCUT2D eigenvalue weighted by atomic mass is 16.1. The average Bonchev–Trinajstić information content (AvgIpc) is 3.10. The first-order valence-corrected chi connectivity index (χ1v) is 9.59. The zero-order valence-electron chi connectivity index (χ0n) is 17.4. The number of aryl methyl sites for hydroxylation is 1. The summed E-state index contributed by atoms with van der Waals surface area (Å²) in [6.07, 6.45) is 1.70. The highest BCUT2D eigenvalue weighted by Gasteiger charge is 2.18. The van der Waals surface area contributed by atoms with Crippen molar-refractivity contribution in [3.05, 3.63) is 65.7 Å². The Kier molecular flexibility index (Phi) is 5.36. The van der Waals surface area contributed by atoms with Crippen molar-refractivity contribution in [3.63, 3.8) is 0 Å². The molecule has 28 heavy (non-hydrogen) atoms. The van der Waals surface area contributed by atoms with Crippen molar-refractivity contribution in [2.45, 2.75) is 53.0 Å². The summed E-state index contributed by atoms with van der Waals surface area (Å²) in [7, 11) is 0. The van der Waals surface area contributed by atoms with E-state index in [0.29, 0.717) is 5.56 Å². The molecule has 0 spiro atoms. The van der Waals surface area contributed by atoms with Crippen LogP contribution < -0.4 is 5.32 Å². The minimum Gasteiger partial charge on any atom is -0.347 e. The standard InChI is InChI=1S/C23H28N4O/c1-15(2)21-26-24-14-27(21)20-12-18(17-9-7-16(3)8-10-17)11-19(13-20)22(28)25-23(4,5)6/h7-15H,1-6H3,(H,25,28). The summed E-state index contributed by atoms with van der Waals surface area (Å²) >= 11 is 0. The van der Waals surface area contributed by atoms with Crippen LogP contribution in [0.1, 0.15) is 62.3 Å². The third-order valence-electron chi connectivity index (χ3n) is 4.42. The van der Waals surface area contributed by atoms with Gasteiger partial charge in [-0.05, 0) is 57.0 Å². The van der Waals surface area contributed by atoms with Gasteiger partial charge in [-0.3, -0.25) is 9.36 Å². The van der Waals surface area contributed by atoms with Crippen LogP contribution in [0.15, 0.2) is 48.8 Å². The topological polar surface area (TPSA) is 59.8 Å². The van der Waals surface area contributed by atoms with Gasteiger partial charge in [0.05, 0.1) is 0 Å². The second kappa shape index (κ2) is 7.58. The van der Waals surface area contributed by atoms with E-state index in [4.69, 9.17) is 0 Å². The molecule has 0 saturated carbocycles. The Morgan fingerprint density at radius 1 is 1.04 bits per heavy atom. The van der Waals surface area contributed by atoms with Crippen LogP contribution in [0.5, 0.6) is 0 Å². The van der Waals surface area contributed by atoms with Crippen molar-refractivity contribution in [3.8, 4) is 16.8 Å². The predicted molar refractivity (Wildman–Crippen MR) is 113 cm³/mol. The minimum atomic E-state index is -0.309. The van der Waals surface area contributed by atoms with E-state index in [9.17, 15) is 4.79 Å². The maximum atomic E-state index is 12.9. The molecule has 0 atom stereocenters. The number of aromatic nitrogens is 3. The number of carbonyl (C=O) groups excluding carboxylic acids is 1. The van der Waals surface area contributed by atoms with Crippen LogP contribution in [-0.2, 0) is 0 Å². The molecule has 0 fully saturated rings. The molecule has 146 valence electrons. The summed E-state index contributed by atoms with van der Waals surface area (Å²) in [5.41, 5.74) is 4.44. The Labute approximate surface area is 166 Å². The van der Waals surface area contributed by atoms with Crippen LogP contribution >= 0.6 is 0 Å². The number of benzene rings is 2. The first-order chi connectivity index (χ1) is 13.1. The lowest BCUT2D eigenvalue weighted by atomic mass is 9.99. The number of hydrogen-bond donors (Lipinski definition) is 1. The van der Waals surface area contributed by atoms with E-state index in [1.54, 1.807) is 6.33 Å². The fourth-order valence-corrected chi connectivity index (χ4v) is 3.04. The van der Waals surface area contributed by atoms with Gasteiger partial charge in [0.1, 0.15) is 12.2 Å². The number of carbonyl (C=O) groups is 1. The quantitative estimate of drug-likeness (QED) is 0.705. The first kappa shape index (κ1) is 19.8. The molecule has 0 aliphatic rings. The highest BCUT2D eigenvalue weighted by Crippen LogP contribution is 2.27. The van der Waals surface area contributed by atoms with Gasteiger partial charge >= 0.3 is 0 Å². The molecule has 1 heterocycles. The van der Waals surface area contributed by atoms with E-state index >= 15 is 0 Å². The minimum absolute atomic E-state index is 0.0955. The summed E-state index contributed by atoms with van der Waals surface area (Å²) < 4.78 is 1.95. The molecule has 1 amide bonds. The van der Waals surface area contributed by atoms with Gasteiger partial charge in [0.2, 0.25) is 0 Å². The SMILES string of the molecule is Cc1ccc(-c2cc(C(=O)NC(C)(C)C)cc(-n3cnnc3C(C)C)c2)cc1. The number of nitrogens with one attached hydrogen (secondary N) is 1. The maximum Gasteiger partial charge on any atom is 0.251 e. The second-order valence-corrected chi connectivity index (χ2v) is 8.55. The van der Waals surface area contributed by atoms with Crippen LogP contribution in [0.3, 0.4) is 0 Å². The van der Waals surface area contributed by atoms with Gasteiger partial charge in [-0.25, -0.2) is 0 Å². The molecule has 0 unspecified atom stereocenters. The van der Waals surface area contributed by atoms with Crippen molar-refractivity contribution >= 4 is 5.91 Å².